The second-order valence-corrected chi connectivity index (χ2v) is 5.25. The third kappa shape index (κ3) is 4.13. The molecule has 3 nitrogen and oxygen atoms in total. The summed E-state index contributed by atoms with van der Waals surface area (Å²) in [7, 11) is 1.73. The number of ether oxygens (including phenoxy) is 1. The summed E-state index contributed by atoms with van der Waals surface area (Å²) in [4.78, 5) is 0. The Morgan fingerprint density at radius 2 is 2.26 bits per heavy atom. The predicted molar refractivity (Wildman–Crippen MR) is 81.1 cm³/mol. The van der Waals surface area contributed by atoms with E-state index in [-0.39, 0.29) is 0 Å². The summed E-state index contributed by atoms with van der Waals surface area (Å²) in [5.41, 5.74) is 2.47. The van der Waals surface area contributed by atoms with Gasteiger partial charge in [0.25, 0.3) is 0 Å². The van der Waals surface area contributed by atoms with Crippen molar-refractivity contribution in [2.45, 2.75) is 45.1 Å². The normalized spacial score (nSPS) is 19.2. The van der Waals surface area contributed by atoms with Gasteiger partial charge in [0.1, 0.15) is 5.75 Å². The van der Waals surface area contributed by atoms with Gasteiger partial charge in [-0.3, -0.25) is 0 Å². The van der Waals surface area contributed by atoms with Crippen LogP contribution in [0, 0.1) is 0 Å². The van der Waals surface area contributed by atoms with E-state index in [1.807, 2.05) is 0 Å². The fourth-order valence-electron chi connectivity index (χ4n) is 2.66. The van der Waals surface area contributed by atoms with Crippen LogP contribution in [0.3, 0.4) is 0 Å². The van der Waals surface area contributed by atoms with Crippen LogP contribution in [0.15, 0.2) is 18.2 Å². The molecular weight excluding hydrogens is 236 g/mol. The Labute approximate surface area is 116 Å². The van der Waals surface area contributed by atoms with Crippen LogP contribution in [0.25, 0.3) is 0 Å². The molecule has 0 radical (unpaired) electrons. The zero-order chi connectivity index (χ0) is 13.5. The molecule has 1 heterocycles. The van der Waals surface area contributed by atoms with Crippen molar-refractivity contribution in [2.75, 3.05) is 25.5 Å². The number of rotatable bonds is 6. The zero-order valence-corrected chi connectivity index (χ0v) is 12.2. The highest BCUT2D eigenvalue weighted by Gasteiger charge is 2.12. The van der Waals surface area contributed by atoms with Gasteiger partial charge in [-0.25, -0.2) is 0 Å². The molecule has 0 spiro atoms. The number of methoxy groups -OCH3 is 1. The van der Waals surface area contributed by atoms with Crippen LogP contribution in [0.4, 0.5) is 5.69 Å². The topological polar surface area (TPSA) is 33.3 Å². The van der Waals surface area contributed by atoms with Gasteiger partial charge in [0.05, 0.1) is 12.8 Å². The molecule has 0 aromatic heterocycles. The number of hydrogen-bond donors (Lipinski definition) is 2. The van der Waals surface area contributed by atoms with Gasteiger partial charge >= 0.3 is 0 Å². The fraction of sp³-hybridized carbons (Fsp3) is 0.625. The summed E-state index contributed by atoms with van der Waals surface area (Å²) in [6.07, 6.45) is 6.25. The van der Waals surface area contributed by atoms with E-state index in [4.69, 9.17) is 4.74 Å². The first-order valence-corrected chi connectivity index (χ1v) is 7.47. The number of benzene rings is 1. The number of piperidine rings is 1. The van der Waals surface area contributed by atoms with Crippen LogP contribution >= 0.6 is 0 Å². The van der Waals surface area contributed by atoms with Crippen LogP contribution in [0.2, 0.25) is 0 Å². The van der Waals surface area contributed by atoms with E-state index in [9.17, 15) is 0 Å². The van der Waals surface area contributed by atoms with Crippen molar-refractivity contribution in [2.24, 2.45) is 0 Å². The maximum Gasteiger partial charge on any atom is 0.141 e. The predicted octanol–water partition coefficient (Wildman–Crippen LogP) is 3.20. The monoisotopic (exact) mass is 262 g/mol. The van der Waals surface area contributed by atoms with E-state index in [1.54, 1.807) is 7.11 Å². The van der Waals surface area contributed by atoms with Crippen molar-refractivity contribution in [3.63, 3.8) is 0 Å². The Morgan fingerprint density at radius 3 is 2.95 bits per heavy atom. The van der Waals surface area contributed by atoms with E-state index in [1.165, 1.54) is 37.8 Å². The lowest BCUT2D eigenvalue weighted by atomic mass is 10.0. The molecule has 19 heavy (non-hydrogen) atoms. The lowest BCUT2D eigenvalue weighted by molar-refractivity contribution is 0.388. The van der Waals surface area contributed by atoms with Crippen molar-refractivity contribution >= 4 is 5.69 Å². The Morgan fingerprint density at radius 1 is 1.37 bits per heavy atom. The molecule has 1 aliphatic heterocycles. The third-order valence-electron chi connectivity index (χ3n) is 3.89. The second kappa shape index (κ2) is 7.39. The molecular formula is C16H26N2O. The number of aryl methyl sites for hydroxylation is 1. The zero-order valence-electron chi connectivity index (χ0n) is 12.2. The SMILES string of the molecule is CCc1ccc(OC)c(NCCC2CCCCN2)c1. The summed E-state index contributed by atoms with van der Waals surface area (Å²) < 4.78 is 5.41. The summed E-state index contributed by atoms with van der Waals surface area (Å²) in [6, 6.07) is 7.07. The van der Waals surface area contributed by atoms with Gasteiger partial charge in [-0.1, -0.05) is 19.4 Å². The molecule has 0 saturated carbocycles. The maximum atomic E-state index is 5.41. The van der Waals surface area contributed by atoms with Crippen molar-refractivity contribution < 1.29 is 4.74 Å². The molecule has 3 heteroatoms. The van der Waals surface area contributed by atoms with Gasteiger partial charge in [-0.15, -0.1) is 0 Å². The van der Waals surface area contributed by atoms with Gasteiger partial charge in [0, 0.05) is 12.6 Å². The molecule has 1 aliphatic rings. The molecule has 0 aliphatic carbocycles. The largest absolute Gasteiger partial charge is 0.495 e. The minimum Gasteiger partial charge on any atom is -0.495 e. The molecule has 1 atom stereocenters. The van der Waals surface area contributed by atoms with E-state index in [0.29, 0.717) is 6.04 Å². The molecule has 2 rings (SSSR count). The van der Waals surface area contributed by atoms with Crippen LogP contribution in [0.5, 0.6) is 5.75 Å². The van der Waals surface area contributed by atoms with E-state index >= 15 is 0 Å². The first-order valence-electron chi connectivity index (χ1n) is 7.47. The van der Waals surface area contributed by atoms with E-state index in [0.717, 1.165) is 24.4 Å². The highest BCUT2D eigenvalue weighted by Crippen LogP contribution is 2.25. The van der Waals surface area contributed by atoms with Crippen molar-refractivity contribution in [1.82, 2.24) is 5.32 Å². The van der Waals surface area contributed by atoms with E-state index < -0.39 is 0 Å². The third-order valence-corrected chi connectivity index (χ3v) is 3.89. The summed E-state index contributed by atoms with van der Waals surface area (Å²) in [6.45, 7) is 4.36. The fourth-order valence-corrected chi connectivity index (χ4v) is 2.66. The Bertz CT molecular complexity index is 386. The standard InChI is InChI=1S/C16H26N2O/c1-3-13-7-8-16(19-2)15(12-13)18-11-9-14-6-4-5-10-17-14/h7-8,12,14,17-18H,3-6,9-11H2,1-2H3. The first kappa shape index (κ1) is 14.2. The minimum absolute atomic E-state index is 0.682. The molecule has 1 unspecified atom stereocenters. The first-order chi connectivity index (χ1) is 9.33. The highest BCUT2D eigenvalue weighted by molar-refractivity contribution is 5.58. The second-order valence-electron chi connectivity index (χ2n) is 5.25. The summed E-state index contributed by atoms with van der Waals surface area (Å²) >= 11 is 0. The van der Waals surface area contributed by atoms with Crippen LogP contribution in [-0.4, -0.2) is 26.2 Å². The van der Waals surface area contributed by atoms with Gasteiger partial charge in [-0.05, 0) is 49.9 Å². The van der Waals surface area contributed by atoms with Gasteiger partial charge in [0.15, 0.2) is 0 Å². The van der Waals surface area contributed by atoms with Crippen molar-refractivity contribution in [3.8, 4) is 5.75 Å². The van der Waals surface area contributed by atoms with Crippen molar-refractivity contribution in [3.05, 3.63) is 23.8 Å². The molecule has 0 bridgehead atoms. The average Bonchev–Trinajstić information content (AvgIpc) is 2.48. The number of hydrogen-bond acceptors (Lipinski definition) is 3. The number of nitrogens with one attached hydrogen (secondary N) is 2. The van der Waals surface area contributed by atoms with Crippen LogP contribution in [0.1, 0.15) is 38.2 Å². The summed E-state index contributed by atoms with van der Waals surface area (Å²) in [5, 5.41) is 7.11. The Hall–Kier alpha value is -1.22. The molecule has 1 aromatic rings. The van der Waals surface area contributed by atoms with Gasteiger partial charge in [0.2, 0.25) is 0 Å². The highest BCUT2D eigenvalue weighted by atomic mass is 16.5. The van der Waals surface area contributed by atoms with Crippen molar-refractivity contribution in [1.29, 1.82) is 0 Å². The van der Waals surface area contributed by atoms with E-state index in [2.05, 4.69) is 35.8 Å². The lowest BCUT2D eigenvalue weighted by Gasteiger charge is -2.23. The maximum absolute atomic E-state index is 5.41. The Balaban J connectivity index is 1.86. The molecule has 2 N–H and O–H groups in total. The molecule has 1 fully saturated rings. The Kier molecular flexibility index (Phi) is 5.52. The lowest BCUT2D eigenvalue weighted by Crippen LogP contribution is -2.35. The molecule has 106 valence electrons. The van der Waals surface area contributed by atoms with Crippen LogP contribution < -0.4 is 15.4 Å². The molecule has 0 amide bonds. The van der Waals surface area contributed by atoms with Gasteiger partial charge < -0.3 is 15.4 Å². The minimum atomic E-state index is 0.682. The molecule has 1 saturated heterocycles. The smallest absolute Gasteiger partial charge is 0.141 e. The quantitative estimate of drug-likeness (QED) is 0.826. The van der Waals surface area contributed by atoms with Crippen LogP contribution in [-0.2, 0) is 6.42 Å². The number of anilines is 1. The average molecular weight is 262 g/mol. The summed E-state index contributed by atoms with van der Waals surface area (Å²) in [5.74, 6) is 0.939. The van der Waals surface area contributed by atoms with Gasteiger partial charge in [-0.2, -0.15) is 0 Å². The molecule has 1 aromatic carbocycles.